The number of benzene rings is 3. The van der Waals surface area contributed by atoms with E-state index >= 15 is 0 Å². The lowest BCUT2D eigenvalue weighted by molar-refractivity contribution is 0.384. The maximum absolute atomic E-state index is 5.05. The highest BCUT2D eigenvalue weighted by atomic mass is 32.1. The van der Waals surface area contributed by atoms with Gasteiger partial charge in [-0.25, -0.2) is 4.98 Å². The van der Waals surface area contributed by atoms with Crippen molar-refractivity contribution in [2.45, 2.75) is 57.9 Å². The molecule has 3 aromatic carbocycles. The van der Waals surface area contributed by atoms with Gasteiger partial charge in [-0.2, -0.15) is 0 Å². The molecule has 2 N–H and O–H groups in total. The zero-order chi connectivity index (χ0) is 22.4. The minimum absolute atomic E-state index is 0.251. The van der Waals surface area contributed by atoms with E-state index in [2.05, 4.69) is 85.1 Å². The fourth-order valence-electron chi connectivity index (χ4n) is 5.91. The van der Waals surface area contributed by atoms with E-state index in [1.54, 1.807) is 0 Å². The molecule has 0 spiro atoms. The number of rotatable bonds is 4. The summed E-state index contributed by atoms with van der Waals surface area (Å²) in [5.74, 6) is 1.36. The molecule has 1 aliphatic carbocycles. The van der Waals surface area contributed by atoms with Gasteiger partial charge < -0.3 is 10.6 Å². The third-order valence-electron chi connectivity index (χ3n) is 7.62. The van der Waals surface area contributed by atoms with Gasteiger partial charge in [0, 0.05) is 5.69 Å². The highest BCUT2D eigenvalue weighted by Crippen LogP contribution is 2.51. The number of aromatic nitrogens is 1. The van der Waals surface area contributed by atoms with Crippen molar-refractivity contribution in [2.24, 2.45) is 5.92 Å². The van der Waals surface area contributed by atoms with Crippen LogP contribution in [0, 0.1) is 19.8 Å². The summed E-state index contributed by atoms with van der Waals surface area (Å²) in [7, 11) is 0. The second-order valence-corrected chi connectivity index (χ2v) is 10.8. The Labute approximate surface area is 200 Å². The van der Waals surface area contributed by atoms with Crippen LogP contribution in [0.5, 0.6) is 0 Å². The Balaban J connectivity index is 1.43. The number of anilines is 3. The molecule has 2 heterocycles. The summed E-state index contributed by atoms with van der Waals surface area (Å²) in [5, 5.41) is 8.95. The lowest BCUT2D eigenvalue weighted by Crippen LogP contribution is -2.26. The summed E-state index contributed by atoms with van der Waals surface area (Å²) in [5.41, 5.74) is 8.82. The monoisotopic (exact) mass is 453 g/mol. The maximum Gasteiger partial charge on any atom is 0.116 e. The Bertz CT molecular complexity index is 1250. The summed E-state index contributed by atoms with van der Waals surface area (Å²) in [4.78, 5) is 5.05. The average Bonchev–Trinajstić information content (AvgIpc) is 3.51. The molecule has 1 aliphatic heterocycles. The third kappa shape index (κ3) is 3.80. The van der Waals surface area contributed by atoms with Gasteiger partial charge in [0.1, 0.15) is 5.01 Å². The second-order valence-electron chi connectivity index (χ2n) is 9.77. The van der Waals surface area contributed by atoms with Gasteiger partial charge in [0.05, 0.1) is 27.6 Å². The Morgan fingerprint density at radius 1 is 0.909 bits per heavy atom. The molecule has 6 rings (SSSR count). The van der Waals surface area contributed by atoms with Gasteiger partial charge in [0.25, 0.3) is 0 Å². The first-order chi connectivity index (χ1) is 16.2. The molecule has 0 saturated heterocycles. The summed E-state index contributed by atoms with van der Waals surface area (Å²) in [6.45, 7) is 4.37. The van der Waals surface area contributed by atoms with E-state index in [0.29, 0.717) is 5.92 Å². The summed E-state index contributed by atoms with van der Waals surface area (Å²) in [6, 6.07) is 22.1. The van der Waals surface area contributed by atoms with Gasteiger partial charge in [0.2, 0.25) is 0 Å². The molecule has 1 fully saturated rings. The number of hydrogen-bond acceptors (Lipinski definition) is 4. The summed E-state index contributed by atoms with van der Waals surface area (Å²) >= 11 is 1.84. The fraction of sp³-hybridized carbons (Fsp3) is 0.345. The van der Waals surface area contributed by atoms with Crippen LogP contribution >= 0.6 is 11.3 Å². The van der Waals surface area contributed by atoms with Crippen molar-refractivity contribution in [3.8, 4) is 0 Å². The number of para-hydroxylation sites is 3. The molecule has 168 valence electrons. The van der Waals surface area contributed by atoms with Crippen LogP contribution in [0.3, 0.4) is 0 Å². The van der Waals surface area contributed by atoms with E-state index in [1.807, 2.05) is 11.3 Å². The van der Waals surface area contributed by atoms with E-state index in [0.717, 1.165) is 17.9 Å². The standard InChI is InChI=1S/C29H31N3S/c1-18-9-7-10-19(2)27(18)30-24-15-8-13-21-22(20-11-3-4-12-20)17-25(31-28(21)24)29-32-23-14-5-6-16-26(23)33-29/h5-10,13-16,20,22,25,30-31H,3-4,11-12,17H2,1-2H3. The van der Waals surface area contributed by atoms with Crippen LogP contribution in [0.25, 0.3) is 10.2 Å². The van der Waals surface area contributed by atoms with Gasteiger partial charge in [-0.05, 0) is 79.8 Å². The van der Waals surface area contributed by atoms with E-state index in [1.165, 1.54) is 69.1 Å². The first kappa shape index (κ1) is 20.7. The normalized spacial score (nSPS) is 20.5. The predicted octanol–water partition coefficient (Wildman–Crippen LogP) is 8.49. The van der Waals surface area contributed by atoms with Crippen molar-refractivity contribution >= 4 is 38.6 Å². The third-order valence-corrected chi connectivity index (χ3v) is 8.77. The van der Waals surface area contributed by atoms with Crippen molar-refractivity contribution in [3.63, 3.8) is 0 Å². The van der Waals surface area contributed by atoms with Crippen LogP contribution in [-0.2, 0) is 0 Å². The number of nitrogens with zero attached hydrogens (tertiary/aromatic N) is 1. The van der Waals surface area contributed by atoms with Crippen molar-refractivity contribution in [1.29, 1.82) is 0 Å². The van der Waals surface area contributed by atoms with Gasteiger partial charge in [0.15, 0.2) is 0 Å². The van der Waals surface area contributed by atoms with Crippen molar-refractivity contribution < 1.29 is 0 Å². The van der Waals surface area contributed by atoms with Crippen molar-refractivity contribution in [1.82, 2.24) is 4.98 Å². The smallest absolute Gasteiger partial charge is 0.116 e. The number of thiazole rings is 1. The van der Waals surface area contributed by atoms with Gasteiger partial charge in [-0.1, -0.05) is 55.3 Å². The van der Waals surface area contributed by atoms with E-state index < -0.39 is 0 Å². The fourth-order valence-corrected chi connectivity index (χ4v) is 6.94. The predicted molar refractivity (Wildman–Crippen MR) is 141 cm³/mol. The number of fused-ring (bicyclic) bond motifs is 2. The largest absolute Gasteiger partial charge is 0.374 e. The molecule has 0 amide bonds. The molecule has 2 unspecified atom stereocenters. The number of hydrogen-bond donors (Lipinski definition) is 2. The maximum atomic E-state index is 5.05. The van der Waals surface area contributed by atoms with Crippen LogP contribution in [0.2, 0.25) is 0 Å². The first-order valence-corrected chi connectivity index (χ1v) is 13.1. The van der Waals surface area contributed by atoms with Crippen LogP contribution in [0.4, 0.5) is 17.1 Å². The lowest BCUT2D eigenvalue weighted by atomic mass is 9.77. The van der Waals surface area contributed by atoms with E-state index in [4.69, 9.17) is 4.98 Å². The minimum Gasteiger partial charge on any atom is -0.374 e. The molecule has 3 nitrogen and oxygen atoms in total. The zero-order valence-corrected chi connectivity index (χ0v) is 20.2. The topological polar surface area (TPSA) is 37.0 Å². The van der Waals surface area contributed by atoms with E-state index in [9.17, 15) is 0 Å². The van der Waals surface area contributed by atoms with Gasteiger partial charge in [-0.3, -0.25) is 0 Å². The summed E-state index contributed by atoms with van der Waals surface area (Å²) < 4.78 is 1.28. The minimum atomic E-state index is 0.251. The van der Waals surface area contributed by atoms with Crippen LogP contribution in [0.1, 0.15) is 65.8 Å². The molecule has 0 radical (unpaired) electrons. The summed E-state index contributed by atoms with van der Waals surface area (Å²) in [6.07, 6.45) is 6.58. The van der Waals surface area contributed by atoms with E-state index in [-0.39, 0.29) is 6.04 Å². The molecule has 2 atom stereocenters. The number of aryl methyl sites for hydroxylation is 2. The second kappa shape index (κ2) is 8.49. The highest BCUT2D eigenvalue weighted by molar-refractivity contribution is 7.18. The molecular formula is C29H31N3S. The molecular weight excluding hydrogens is 422 g/mol. The van der Waals surface area contributed by atoms with Crippen LogP contribution < -0.4 is 10.6 Å². The SMILES string of the molecule is Cc1cccc(C)c1Nc1cccc2c1NC(c1nc3ccccc3s1)CC2C1CCCC1. The Kier molecular flexibility index (Phi) is 5.34. The highest BCUT2D eigenvalue weighted by Gasteiger charge is 2.36. The quantitative estimate of drug-likeness (QED) is 0.325. The molecule has 1 aromatic heterocycles. The number of nitrogens with one attached hydrogen (secondary N) is 2. The molecule has 0 bridgehead atoms. The van der Waals surface area contributed by atoms with Crippen molar-refractivity contribution in [2.75, 3.05) is 10.6 Å². The first-order valence-electron chi connectivity index (χ1n) is 12.3. The van der Waals surface area contributed by atoms with Gasteiger partial charge in [-0.15, -0.1) is 11.3 Å². The molecule has 4 aromatic rings. The molecule has 1 saturated carbocycles. The Hall–Kier alpha value is -2.85. The Morgan fingerprint density at radius 2 is 1.67 bits per heavy atom. The van der Waals surface area contributed by atoms with Crippen LogP contribution in [-0.4, -0.2) is 4.98 Å². The van der Waals surface area contributed by atoms with Crippen LogP contribution in [0.15, 0.2) is 60.7 Å². The Morgan fingerprint density at radius 3 is 2.45 bits per heavy atom. The molecule has 2 aliphatic rings. The molecule has 33 heavy (non-hydrogen) atoms. The molecule has 4 heteroatoms. The van der Waals surface area contributed by atoms with Crippen molar-refractivity contribution in [3.05, 3.63) is 82.4 Å². The van der Waals surface area contributed by atoms with Gasteiger partial charge >= 0.3 is 0 Å². The lowest BCUT2D eigenvalue weighted by Gasteiger charge is -2.37. The average molecular weight is 454 g/mol. The zero-order valence-electron chi connectivity index (χ0n) is 19.4.